The minimum absolute atomic E-state index is 0. The summed E-state index contributed by atoms with van der Waals surface area (Å²) in [6.07, 6.45) is 16.5. The van der Waals surface area contributed by atoms with E-state index in [0.717, 1.165) is 23.2 Å². The Morgan fingerprint density at radius 1 is 0.679 bits per heavy atom. The molecule has 0 radical (unpaired) electrons. The molecule has 0 bridgehead atoms. The van der Waals surface area contributed by atoms with Crippen LogP contribution in [-0.2, 0) is 25.8 Å². The molecule has 4 rings (SSSR count). The second kappa shape index (κ2) is 13.3. The Hall–Kier alpha value is -0.933. The van der Waals surface area contributed by atoms with Gasteiger partial charge in [0.15, 0.2) is 0 Å². The molecule has 0 saturated heterocycles. The van der Waals surface area contributed by atoms with E-state index in [0.29, 0.717) is 0 Å². The summed E-state index contributed by atoms with van der Waals surface area (Å²) in [6.45, 7) is 1.66. The van der Waals surface area contributed by atoms with E-state index in [2.05, 4.69) is 38.2 Å². The molecular formula is C24H24Cl2HfSi-2. The maximum Gasteiger partial charge on any atom is 0.310 e. The first-order chi connectivity index (χ1) is 13.0. The summed E-state index contributed by atoms with van der Waals surface area (Å²) in [7, 11) is 0. The molecule has 0 saturated carbocycles. The van der Waals surface area contributed by atoms with E-state index in [1.165, 1.54) is 11.1 Å². The van der Waals surface area contributed by atoms with Crippen LogP contribution in [0, 0.1) is 12.2 Å². The van der Waals surface area contributed by atoms with Gasteiger partial charge >= 0.3 is 6.69 Å². The molecule has 0 unspecified atom stereocenters. The van der Waals surface area contributed by atoms with Crippen LogP contribution in [0.5, 0.6) is 0 Å². The Balaban J connectivity index is 0.000000249. The van der Waals surface area contributed by atoms with Crippen molar-refractivity contribution in [3.8, 4) is 0 Å². The van der Waals surface area contributed by atoms with Gasteiger partial charge in [0.1, 0.15) is 0 Å². The van der Waals surface area contributed by atoms with Gasteiger partial charge < -0.3 is 0 Å². The second-order valence-corrected chi connectivity index (χ2v) is 12.6. The predicted octanol–water partition coefficient (Wildman–Crippen LogP) is 6.11. The van der Waals surface area contributed by atoms with E-state index in [9.17, 15) is 0 Å². The van der Waals surface area contributed by atoms with Gasteiger partial charge in [-0.25, -0.2) is 23.3 Å². The number of rotatable bonds is 2. The molecule has 4 heteroatoms. The maximum atomic E-state index is 6.49. The van der Waals surface area contributed by atoms with Crippen LogP contribution in [0.3, 0.4) is 0 Å². The summed E-state index contributed by atoms with van der Waals surface area (Å²) in [5.41, 5.74) is 2.69. The van der Waals surface area contributed by atoms with E-state index in [-0.39, 0.29) is 25.8 Å². The van der Waals surface area contributed by atoms with Crippen molar-refractivity contribution in [3.05, 3.63) is 108 Å². The van der Waals surface area contributed by atoms with Gasteiger partial charge in [-0.2, -0.15) is 12.2 Å². The molecule has 0 atom stereocenters. The van der Waals surface area contributed by atoms with Crippen LogP contribution in [0.2, 0.25) is 0 Å². The molecule has 2 aliphatic rings. The molecule has 2 aromatic rings. The normalized spacial score (nSPS) is 14.0. The van der Waals surface area contributed by atoms with Gasteiger partial charge in [-0.15, -0.1) is 48.8 Å². The van der Waals surface area contributed by atoms with Crippen LogP contribution in [0.15, 0.2) is 96.1 Å². The fraction of sp³-hybridized carbons (Fsp3) is 0.167. The average Bonchev–Trinajstić information content (AvgIpc) is 3.38. The predicted molar refractivity (Wildman–Crippen MR) is 122 cm³/mol. The van der Waals surface area contributed by atoms with Crippen molar-refractivity contribution < 1.29 is 25.8 Å². The summed E-state index contributed by atoms with van der Waals surface area (Å²) < 4.78 is 0. The molecule has 0 aliphatic heterocycles. The fourth-order valence-electron chi connectivity index (χ4n) is 2.46. The molecule has 0 heterocycles. The zero-order chi connectivity index (χ0) is 19.5. The Labute approximate surface area is 198 Å². The van der Waals surface area contributed by atoms with Gasteiger partial charge in [-0.05, 0) is 10.4 Å². The Morgan fingerprint density at radius 3 is 1.25 bits per heavy atom. The van der Waals surface area contributed by atoms with Crippen molar-refractivity contribution in [1.82, 2.24) is 0 Å². The summed E-state index contributed by atoms with van der Waals surface area (Å²) in [5.74, 6) is 0. The molecule has 144 valence electrons. The SMILES string of the molecule is CC1=CC[C-]=C1.CC1=CC[C-]=C1.Cl[Si](Cl)(c1ccccc1)c1ccccc1.[Hf]. The largest absolute Gasteiger partial charge is 0.310 e. The van der Waals surface area contributed by atoms with Crippen molar-refractivity contribution in [2.45, 2.75) is 26.7 Å². The molecule has 0 amide bonds. The molecule has 0 N–H and O–H groups in total. The third-order valence-corrected chi connectivity index (χ3v) is 8.75. The smallest absolute Gasteiger partial charge is 0.273 e. The van der Waals surface area contributed by atoms with E-state index in [1.807, 2.05) is 72.8 Å². The first-order valence-corrected chi connectivity index (χ1v) is 13.0. The fourth-order valence-corrected chi connectivity index (χ4v) is 5.53. The van der Waals surface area contributed by atoms with Crippen molar-refractivity contribution in [2.75, 3.05) is 0 Å². The third-order valence-electron chi connectivity index (χ3n) is 4.02. The van der Waals surface area contributed by atoms with Gasteiger partial charge in [0, 0.05) is 25.8 Å². The minimum atomic E-state index is -2.51. The molecule has 0 nitrogen and oxygen atoms in total. The zero-order valence-electron chi connectivity index (χ0n) is 16.3. The molecule has 0 spiro atoms. The van der Waals surface area contributed by atoms with Crippen LogP contribution in [0.25, 0.3) is 0 Å². The monoisotopic (exact) mass is 590 g/mol. The van der Waals surface area contributed by atoms with Crippen molar-refractivity contribution in [3.63, 3.8) is 0 Å². The molecule has 2 aromatic carbocycles. The first kappa shape index (κ1) is 25.1. The third kappa shape index (κ3) is 8.61. The summed E-state index contributed by atoms with van der Waals surface area (Å²) in [4.78, 5) is 0. The van der Waals surface area contributed by atoms with Crippen LogP contribution in [0.4, 0.5) is 0 Å². The van der Waals surface area contributed by atoms with Crippen molar-refractivity contribution in [2.24, 2.45) is 0 Å². The van der Waals surface area contributed by atoms with Gasteiger partial charge in [-0.1, -0.05) is 60.7 Å². The topological polar surface area (TPSA) is 0 Å². The van der Waals surface area contributed by atoms with Crippen LogP contribution in [-0.4, -0.2) is 6.69 Å². The Kier molecular flexibility index (Phi) is 11.9. The molecule has 2 aliphatic carbocycles. The van der Waals surface area contributed by atoms with Crippen LogP contribution >= 0.6 is 22.2 Å². The first-order valence-electron chi connectivity index (χ1n) is 8.95. The minimum Gasteiger partial charge on any atom is -0.273 e. The van der Waals surface area contributed by atoms with E-state index in [1.54, 1.807) is 0 Å². The zero-order valence-corrected chi connectivity index (χ0v) is 22.4. The number of allylic oxidation sites excluding steroid dienone is 8. The summed E-state index contributed by atoms with van der Waals surface area (Å²) in [6, 6.07) is 19.7. The van der Waals surface area contributed by atoms with Gasteiger partial charge in [0.25, 0.3) is 0 Å². The Morgan fingerprint density at radius 2 is 1.04 bits per heavy atom. The number of hydrogen-bond donors (Lipinski definition) is 0. The summed E-state index contributed by atoms with van der Waals surface area (Å²) >= 11 is 13.0. The number of hydrogen-bond acceptors (Lipinski definition) is 0. The van der Waals surface area contributed by atoms with Crippen molar-refractivity contribution in [1.29, 1.82) is 0 Å². The van der Waals surface area contributed by atoms with E-state index in [4.69, 9.17) is 22.2 Å². The van der Waals surface area contributed by atoms with Crippen LogP contribution < -0.4 is 10.4 Å². The van der Waals surface area contributed by atoms with E-state index >= 15 is 0 Å². The molecule has 28 heavy (non-hydrogen) atoms. The van der Waals surface area contributed by atoms with Gasteiger partial charge in [0.05, 0.1) is 0 Å². The second-order valence-electron chi connectivity index (χ2n) is 6.31. The van der Waals surface area contributed by atoms with Gasteiger partial charge in [-0.3, -0.25) is 12.2 Å². The maximum absolute atomic E-state index is 6.49. The molecule has 0 aromatic heterocycles. The quantitative estimate of drug-likeness (QED) is 0.225. The average molecular weight is 590 g/mol. The number of halogens is 2. The van der Waals surface area contributed by atoms with Crippen molar-refractivity contribution >= 4 is 39.2 Å². The summed E-state index contributed by atoms with van der Waals surface area (Å²) in [5, 5.41) is 2.05. The standard InChI is InChI=1S/C12H10Cl2Si.2C6H7.Hf/c13-15(14,11-7-3-1-4-8-11)12-9-5-2-6-10-12;2*1-6-4-2-3-5-6;/h1-10H;2*4-5H,2H2,1H3;/q;2*-1;. The number of benzene rings is 2. The van der Waals surface area contributed by atoms with Crippen LogP contribution in [0.1, 0.15) is 26.7 Å². The molecular weight excluding hydrogens is 566 g/mol. The van der Waals surface area contributed by atoms with Gasteiger partial charge in [0.2, 0.25) is 0 Å². The van der Waals surface area contributed by atoms with E-state index < -0.39 is 6.69 Å². The molecule has 0 fully saturated rings. The Bertz CT molecular complexity index is 747.